The van der Waals surface area contributed by atoms with Crippen molar-refractivity contribution < 1.29 is 14.2 Å². The summed E-state index contributed by atoms with van der Waals surface area (Å²) in [6.07, 6.45) is 1.96. The van der Waals surface area contributed by atoms with Crippen molar-refractivity contribution in [1.29, 1.82) is 0 Å². The van der Waals surface area contributed by atoms with Gasteiger partial charge in [-0.05, 0) is 18.6 Å². The van der Waals surface area contributed by atoms with Gasteiger partial charge in [0.25, 0.3) is 0 Å². The van der Waals surface area contributed by atoms with Gasteiger partial charge in [-0.25, -0.2) is 0 Å². The second kappa shape index (κ2) is 5.49. The summed E-state index contributed by atoms with van der Waals surface area (Å²) in [5.74, 6) is 2.38. The highest BCUT2D eigenvalue weighted by atomic mass is 16.5. The Morgan fingerprint density at radius 3 is 2.00 bits per heavy atom. The molecule has 0 aliphatic rings. The van der Waals surface area contributed by atoms with Crippen LogP contribution in [0, 0.1) is 0 Å². The first-order valence-electron chi connectivity index (χ1n) is 5.06. The highest BCUT2D eigenvalue weighted by Crippen LogP contribution is 2.37. The van der Waals surface area contributed by atoms with Gasteiger partial charge < -0.3 is 14.2 Å². The lowest BCUT2D eigenvalue weighted by Crippen LogP contribution is -1.99. The molecule has 0 fully saturated rings. The van der Waals surface area contributed by atoms with Gasteiger partial charge in [-0.3, -0.25) is 0 Å². The zero-order valence-electron chi connectivity index (χ0n) is 9.79. The Morgan fingerprint density at radius 1 is 0.933 bits per heavy atom. The molecule has 84 valence electrons. The van der Waals surface area contributed by atoms with Crippen molar-refractivity contribution in [1.82, 2.24) is 0 Å². The van der Waals surface area contributed by atoms with Crippen molar-refractivity contribution in [2.75, 3.05) is 21.3 Å². The van der Waals surface area contributed by atoms with Crippen molar-refractivity contribution in [2.24, 2.45) is 0 Å². The van der Waals surface area contributed by atoms with Crippen LogP contribution in [0.15, 0.2) is 12.1 Å². The van der Waals surface area contributed by atoms with Gasteiger partial charge in [0, 0.05) is 5.56 Å². The summed E-state index contributed by atoms with van der Waals surface area (Å²) >= 11 is 0. The van der Waals surface area contributed by atoms with Crippen LogP contribution in [0.5, 0.6) is 17.2 Å². The third kappa shape index (κ3) is 2.35. The fourth-order valence-electron chi connectivity index (χ4n) is 1.65. The second-order valence-corrected chi connectivity index (χ2v) is 3.23. The van der Waals surface area contributed by atoms with Crippen molar-refractivity contribution in [3.05, 3.63) is 17.7 Å². The van der Waals surface area contributed by atoms with E-state index in [1.165, 1.54) is 0 Å². The predicted octanol–water partition coefficient (Wildman–Crippen LogP) is 2.66. The van der Waals surface area contributed by atoms with Gasteiger partial charge in [0.1, 0.15) is 5.75 Å². The molecule has 0 N–H and O–H groups in total. The number of methoxy groups -OCH3 is 3. The van der Waals surface area contributed by atoms with E-state index >= 15 is 0 Å². The lowest BCUT2D eigenvalue weighted by atomic mass is 10.1. The average Bonchev–Trinajstić information content (AvgIpc) is 2.28. The maximum absolute atomic E-state index is 5.36. The molecule has 1 aromatic carbocycles. The Labute approximate surface area is 91.0 Å². The van der Waals surface area contributed by atoms with E-state index in [4.69, 9.17) is 14.2 Å². The minimum Gasteiger partial charge on any atom is -0.496 e. The van der Waals surface area contributed by atoms with E-state index in [9.17, 15) is 0 Å². The molecule has 0 aliphatic heterocycles. The fraction of sp³-hybridized carbons (Fsp3) is 0.500. The van der Waals surface area contributed by atoms with Gasteiger partial charge in [0.05, 0.1) is 21.3 Å². The van der Waals surface area contributed by atoms with Crippen LogP contribution in [0.25, 0.3) is 0 Å². The quantitative estimate of drug-likeness (QED) is 0.747. The van der Waals surface area contributed by atoms with Gasteiger partial charge in [0.15, 0.2) is 11.5 Å². The van der Waals surface area contributed by atoms with E-state index in [0.717, 1.165) is 35.7 Å². The van der Waals surface area contributed by atoms with Crippen molar-refractivity contribution in [3.63, 3.8) is 0 Å². The zero-order valence-corrected chi connectivity index (χ0v) is 9.79. The molecule has 3 nitrogen and oxygen atoms in total. The van der Waals surface area contributed by atoms with Crippen molar-refractivity contribution in [2.45, 2.75) is 19.8 Å². The molecule has 0 heterocycles. The minimum atomic E-state index is 0.752. The summed E-state index contributed by atoms with van der Waals surface area (Å²) in [6.45, 7) is 2.12. The molecule has 0 saturated carbocycles. The minimum absolute atomic E-state index is 0.752. The molecular weight excluding hydrogens is 192 g/mol. The molecule has 0 spiro atoms. The molecule has 15 heavy (non-hydrogen) atoms. The van der Waals surface area contributed by atoms with E-state index in [1.54, 1.807) is 21.3 Å². The molecule has 0 saturated heterocycles. The SMILES string of the molecule is CCCc1c(OC)ccc(OC)c1OC. The summed E-state index contributed by atoms with van der Waals surface area (Å²) in [5.41, 5.74) is 1.07. The molecule has 1 aromatic rings. The smallest absolute Gasteiger partial charge is 0.167 e. The number of hydrogen-bond donors (Lipinski definition) is 0. The van der Waals surface area contributed by atoms with Gasteiger partial charge in [0.2, 0.25) is 0 Å². The van der Waals surface area contributed by atoms with Gasteiger partial charge >= 0.3 is 0 Å². The third-order valence-electron chi connectivity index (χ3n) is 2.33. The van der Waals surface area contributed by atoms with Gasteiger partial charge in [-0.1, -0.05) is 13.3 Å². The lowest BCUT2D eigenvalue weighted by Gasteiger charge is -2.15. The molecule has 0 atom stereocenters. The molecule has 3 heteroatoms. The average molecular weight is 210 g/mol. The Balaban J connectivity index is 3.24. The summed E-state index contributed by atoms with van der Waals surface area (Å²) in [7, 11) is 4.96. The van der Waals surface area contributed by atoms with Crippen LogP contribution in [0.1, 0.15) is 18.9 Å². The first-order valence-corrected chi connectivity index (χ1v) is 5.06. The van der Waals surface area contributed by atoms with E-state index in [-0.39, 0.29) is 0 Å². The molecule has 0 unspecified atom stereocenters. The van der Waals surface area contributed by atoms with Crippen molar-refractivity contribution in [3.8, 4) is 17.2 Å². The van der Waals surface area contributed by atoms with Crippen LogP contribution in [-0.4, -0.2) is 21.3 Å². The molecule has 1 rings (SSSR count). The van der Waals surface area contributed by atoms with Crippen LogP contribution >= 0.6 is 0 Å². The highest BCUT2D eigenvalue weighted by Gasteiger charge is 2.14. The molecular formula is C12H18O3. The maximum atomic E-state index is 5.36. The summed E-state index contributed by atoms with van der Waals surface area (Å²) in [6, 6.07) is 3.77. The number of benzene rings is 1. The largest absolute Gasteiger partial charge is 0.496 e. The monoisotopic (exact) mass is 210 g/mol. The molecule has 0 aromatic heterocycles. The van der Waals surface area contributed by atoms with E-state index in [1.807, 2.05) is 12.1 Å². The van der Waals surface area contributed by atoms with Crippen LogP contribution in [-0.2, 0) is 6.42 Å². The Kier molecular flexibility index (Phi) is 4.28. The van der Waals surface area contributed by atoms with Crippen LogP contribution in [0.3, 0.4) is 0 Å². The highest BCUT2D eigenvalue weighted by molar-refractivity contribution is 5.53. The lowest BCUT2D eigenvalue weighted by molar-refractivity contribution is 0.343. The Bertz CT molecular complexity index is 321. The molecule has 0 bridgehead atoms. The fourth-order valence-corrected chi connectivity index (χ4v) is 1.65. The Hall–Kier alpha value is -1.38. The number of rotatable bonds is 5. The molecule has 0 amide bonds. The standard InChI is InChI=1S/C12H18O3/c1-5-6-9-10(13-2)7-8-11(14-3)12(9)15-4/h7-8H,5-6H2,1-4H3. The topological polar surface area (TPSA) is 27.7 Å². The number of hydrogen-bond acceptors (Lipinski definition) is 3. The first kappa shape index (κ1) is 11.7. The van der Waals surface area contributed by atoms with E-state index in [0.29, 0.717) is 0 Å². The summed E-state index contributed by atoms with van der Waals surface area (Å²) in [4.78, 5) is 0. The van der Waals surface area contributed by atoms with Crippen molar-refractivity contribution >= 4 is 0 Å². The van der Waals surface area contributed by atoms with E-state index in [2.05, 4.69) is 6.92 Å². The second-order valence-electron chi connectivity index (χ2n) is 3.23. The zero-order chi connectivity index (χ0) is 11.3. The van der Waals surface area contributed by atoms with Crippen LogP contribution in [0.2, 0.25) is 0 Å². The van der Waals surface area contributed by atoms with Crippen LogP contribution in [0.4, 0.5) is 0 Å². The molecule has 0 radical (unpaired) electrons. The first-order chi connectivity index (χ1) is 7.28. The summed E-state index contributed by atoms with van der Waals surface area (Å²) in [5, 5.41) is 0. The summed E-state index contributed by atoms with van der Waals surface area (Å²) < 4.78 is 15.9. The predicted molar refractivity (Wildman–Crippen MR) is 60.1 cm³/mol. The van der Waals surface area contributed by atoms with E-state index < -0.39 is 0 Å². The normalized spacial score (nSPS) is 9.87. The molecule has 0 aliphatic carbocycles. The Morgan fingerprint density at radius 2 is 1.53 bits per heavy atom. The van der Waals surface area contributed by atoms with Gasteiger partial charge in [-0.2, -0.15) is 0 Å². The maximum Gasteiger partial charge on any atom is 0.167 e. The van der Waals surface area contributed by atoms with Gasteiger partial charge in [-0.15, -0.1) is 0 Å². The third-order valence-corrected chi connectivity index (χ3v) is 2.33. The number of ether oxygens (including phenoxy) is 3. The van der Waals surface area contributed by atoms with Crippen LogP contribution < -0.4 is 14.2 Å².